The first-order chi connectivity index (χ1) is 8.60. The molecular weight excluding hydrogens is 254 g/mol. The van der Waals surface area contributed by atoms with Crippen LogP contribution in [0.5, 0.6) is 0 Å². The molecule has 0 aromatic carbocycles. The van der Waals surface area contributed by atoms with Crippen LogP contribution in [-0.2, 0) is 4.79 Å². The third kappa shape index (κ3) is 3.73. The average molecular weight is 272 g/mol. The van der Waals surface area contributed by atoms with Crippen LogP contribution in [0, 0.1) is 0 Å². The summed E-state index contributed by atoms with van der Waals surface area (Å²) in [7, 11) is 0. The molecular formula is C11H18ClN5O. The number of hydrogen-bond acceptors (Lipinski definition) is 5. The lowest BCUT2D eigenvalue weighted by atomic mass is 10.3. The summed E-state index contributed by atoms with van der Waals surface area (Å²) in [6.45, 7) is 5.81. The highest BCUT2D eigenvalue weighted by Crippen LogP contribution is 2.22. The summed E-state index contributed by atoms with van der Waals surface area (Å²) in [4.78, 5) is 21.2. The molecule has 100 valence electrons. The van der Waals surface area contributed by atoms with Crippen LogP contribution in [0.15, 0.2) is 6.33 Å². The molecule has 0 spiro atoms. The van der Waals surface area contributed by atoms with Gasteiger partial charge in [-0.2, -0.15) is 0 Å². The smallest absolute Gasteiger partial charge is 0.224 e. The van der Waals surface area contributed by atoms with Gasteiger partial charge in [-0.05, 0) is 13.8 Å². The zero-order valence-corrected chi connectivity index (χ0v) is 11.4. The van der Waals surface area contributed by atoms with Gasteiger partial charge < -0.3 is 16.0 Å². The average Bonchev–Trinajstić information content (AvgIpc) is 2.36. The van der Waals surface area contributed by atoms with Gasteiger partial charge in [0.1, 0.15) is 23.0 Å². The highest BCUT2D eigenvalue weighted by atomic mass is 35.5. The highest BCUT2D eigenvalue weighted by Gasteiger charge is 2.10. The lowest BCUT2D eigenvalue weighted by molar-refractivity contribution is -0.130. The van der Waals surface area contributed by atoms with E-state index in [9.17, 15) is 4.79 Å². The second-order valence-corrected chi connectivity index (χ2v) is 4.04. The van der Waals surface area contributed by atoms with E-state index in [1.54, 1.807) is 4.90 Å². The first kappa shape index (κ1) is 14.5. The van der Waals surface area contributed by atoms with Crippen LogP contribution in [0.3, 0.4) is 0 Å². The Balaban J connectivity index is 2.47. The van der Waals surface area contributed by atoms with E-state index in [-0.39, 0.29) is 16.7 Å². The van der Waals surface area contributed by atoms with Crippen molar-refractivity contribution in [3.05, 3.63) is 11.3 Å². The Kier molecular flexibility index (Phi) is 5.64. The van der Waals surface area contributed by atoms with Crippen LogP contribution >= 0.6 is 11.6 Å². The molecule has 0 aliphatic carbocycles. The number of nitrogens with one attached hydrogen (secondary N) is 1. The molecule has 1 aromatic rings. The Morgan fingerprint density at radius 2 is 2.11 bits per heavy atom. The van der Waals surface area contributed by atoms with E-state index in [4.69, 9.17) is 17.3 Å². The van der Waals surface area contributed by atoms with Crippen molar-refractivity contribution in [2.45, 2.75) is 20.3 Å². The minimum Gasteiger partial charge on any atom is -0.382 e. The first-order valence-electron chi connectivity index (χ1n) is 5.87. The van der Waals surface area contributed by atoms with Crippen LogP contribution < -0.4 is 11.1 Å². The van der Waals surface area contributed by atoms with E-state index in [0.717, 1.165) is 13.1 Å². The molecule has 18 heavy (non-hydrogen) atoms. The van der Waals surface area contributed by atoms with E-state index in [1.807, 2.05) is 13.8 Å². The number of aromatic nitrogens is 2. The fourth-order valence-electron chi connectivity index (χ4n) is 1.53. The van der Waals surface area contributed by atoms with Gasteiger partial charge in [0.05, 0.1) is 0 Å². The van der Waals surface area contributed by atoms with E-state index in [2.05, 4.69) is 15.3 Å². The largest absolute Gasteiger partial charge is 0.382 e. The maximum Gasteiger partial charge on any atom is 0.224 e. The highest BCUT2D eigenvalue weighted by molar-refractivity contribution is 6.35. The maximum atomic E-state index is 11.7. The number of hydrogen-bond donors (Lipinski definition) is 2. The SMILES string of the molecule is CCN(CC)C(=O)CCNc1ncnc(N)c1Cl. The summed E-state index contributed by atoms with van der Waals surface area (Å²) in [5, 5.41) is 3.26. The normalized spacial score (nSPS) is 10.2. The number of carbonyl (C=O) groups is 1. The Hall–Kier alpha value is -1.56. The topological polar surface area (TPSA) is 84.1 Å². The quantitative estimate of drug-likeness (QED) is 0.817. The Labute approximate surface area is 112 Å². The second kappa shape index (κ2) is 7.00. The molecule has 6 nitrogen and oxygen atoms in total. The molecule has 0 aliphatic heterocycles. The molecule has 0 unspecified atom stereocenters. The third-order valence-corrected chi connectivity index (χ3v) is 2.94. The summed E-state index contributed by atoms with van der Waals surface area (Å²) in [5.41, 5.74) is 5.55. The van der Waals surface area contributed by atoms with Crippen molar-refractivity contribution >= 4 is 29.1 Å². The fourth-order valence-corrected chi connectivity index (χ4v) is 1.69. The van der Waals surface area contributed by atoms with Crippen molar-refractivity contribution in [2.24, 2.45) is 0 Å². The van der Waals surface area contributed by atoms with Gasteiger partial charge in [-0.25, -0.2) is 9.97 Å². The van der Waals surface area contributed by atoms with Gasteiger partial charge in [-0.15, -0.1) is 0 Å². The number of carbonyl (C=O) groups excluding carboxylic acids is 1. The molecule has 1 aromatic heterocycles. The van der Waals surface area contributed by atoms with E-state index in [0.29, 0.717) is 18.8 Å². The van der Waals surface area contributed by atoms with Gasteiger partial charge in [0.2, 0.25) is 5.91 Å². The molecule has 1 heterocycles. The lowest BCUT2D eigenvalue weighted by Crippen LogP contribution is -2.31. The summed E-state index contributed by atoms with van der Waals surface area (Å²) in [6, 6.07) is 0. The minimum atomic E-state index is 0.102. The van der Waals surface area contributed by atoms with Gasteiger partial charge in [0.15, 0.2) is 0 Å². The van der Waals surface area contributed by atoms with E-state index in [1.165, 1.54) is 6.33 Å². The lowest BCUT2D eigenvalue weighted by Gasteiger charge is -2.18. The predicted molar refractivity (Wildman–Crippen MR) is 72.5 cm³/mol. The number of nitrogen functional groups attached to an aromatic ring is 1. The Morgan fingerprint density at radius 3 is 2.72 bits per heavy atom. The molecule has 0 aliphatic rings. The molecule has 0 fully saturated rings. The fraction of sp³-hybridized carbons (Fsp3) is 0.545. The number of amides is 1. The van der Waals surface area contributed by atoms with Crippen molar-refractivity contribution in [3.8, 4) is 0 Å². The summed E-state index contributed by atoms with van der Waals surface area (Å²) >= 11 is 5.92. The standard InChI is InChI=1S/C11H18ClN5O/c1-3-17(4-2)8(18)5-6-14-11-9(12)10(13)15-7-16-11/h7H,3-6H2,1-2H3,(H3,13,14,15,16). The molecule has 0 bridgehead atoms. The third-order valence-electron chi connectivity index (χ3n) is 2.56. The van der Waals surface area contributed by atoms with Crippen LogP contribution in [0.2, 0.25) is 5.02 Å². The van der Waals surface area contributed by atoms with Crippen molar-refractivity contribution < 1.29 is 4.79 Å². The molecule has 3 N–H and O–H groups in total. The van der Waals surface area contributed by atoms with Crippen LogP contribution in [0.25, 0.3) is 0 Å². The second-order valence-electron chi connectivity index (χ2n) is 3.66. The Morgan fingerprint density at radius 1 is 1.44 bits per heavy atom. The first-order valence-corrected chi connectivity index (χ1v) is 6.25. The zero-order valence-electron chi connectivity index (χ0n) is 10.6. The molecule has 7 heteroatoms. The van der Waals surface area contributed by atoms with Gasteiger partial charge in [-0.1, -0.05) is 11.6 Å². The van der Waals surface area contributed by atoms with Gasteiger partial charge >= 0.3 is 0 Å². The number of rotatable bonds is 6. The van der Waals surface area contributed by atoms with E-state index >= 15 is 0 Å². The van der Waals surface area contributed by atoms with Crippen molar-refractivity contribution in [2.75, 3.05) is 30.7 Å². The van der Waals surface area contributed by atoms with E-state index < -0.39 is 0 Å². The molecule has 0 atom stereocenters. The number of nitrogens with zero attached hydrogens (tertiary/aromatic N) is 3. The molecule has 1 rings (SSSR count). The predicted octanol–water partition coefficient (Wildman–Crippen LogP) is 1.38. The molecule has 0 radical (unpaired) electrons. The minimum absolute atomic E-state index is 0.102. The Bertz CT molecular complexity index is 408. The number of halogens is 1. The van der Waals surface area contributed by atoms with Gasteiger partial charge in [0.25, 0.3) is 0 Å². The maximum absolute atomic E-state index is 11.7. The molecule has 0 saturated carbocycles. The zero-order chi connectivity index (χ0) is 13.5. The van der Waals surface area contributed by atoms with Crippen LogP contribution in [-0.4, -0.2) is 40.4 Å². The molecule has 0 saturated heterocycles. The van der Waals surface area contributed by atoms with Crippen LogP contribution in [0.1, 0.15) is 20.3 Å². The van der Waals surface area contributed by atoms with Crippen molar-refractivity contribution in [1.82, 2.24) is 14.9 Å². The summed E-state index contributed by atoms with van der Waals surface area (Å²) < 4.78 is 0. The van der Waals surface area contributed by atoms with Crippen molar-refractivity contribution in [1.29, 1.82) is 0 Å². The van der Waals surface area contributed by atoms with Gasteiger partial charge in [0, 0.05) is 26.1 Å². The van der Waals surface area contributed by atoms with Crippen molar-refractivity contribution in [3.63, 3.8) is 0 Å². The molecule has 1 amide bonds. The van der Waals surface area contributed by atoms with Crippen LogP contribution in [0.4, 0.5) is 11.6 Å². The number of anilines is 2. The number of nitrogens with two attached hydrogens (primary N) is 1. The summed E-state index contributed by atoms with van der Waals surface area (Å²) in [6.07, 6.45) is 1.72. The monoisotopic (exact) mass is 271 g/mol. The van der Waals surface area contributed by atoms with Gasteiger partial charge in [-0.3, -0.25) is 4.79 Å². The summed E-state index contributed by atoms with van der Waals surface area (Å²) in [5.74, 6) is 0.784.